The molecule has 2 nitrogen and oxygen atoms in total. The van der Waals surface area contributed by atoms with Crippen molar-refractivity contribution < 1.29 is 0 Å². The Balaban J connectivity index is 1.97. The number of thiophene rings is 1. The van der Waals surface area contributed by atoms with Gasteiger partial charge in [0.1, 0.15) is 0 Å². The minimum absolute atomic E-state index is 0.441. The molecular formula is C13H18N2S. The van der Waals surface area contributed by atoms with Crippen LogP contribution in [0.3, 0.4) is 0 Å². The molecule has 2 N–H and O–H groups in total. The Bertz CT molecular complexity index is 400. The molecule has 3 heteroatoms. The second-order valence-corrected chi connectivity index (χ2v) is 5.40. The predicted molar refractivity (Wildman–Crippen MR) is 69.4 cm³/mol. The molecule has 1 aromatic heterocycles. The summed E-state index contributed by atoms with van der Waals surface area (Å²) in [6, 6.07) is 5.03. The lowest BCUT2D eigenvalue weighted by Gasteiger charge is -2.19. The summed E-state index contributed by atoms with van der Waals surface area (Å²) in [5.41, 5.74) is 5.36. The second kappa shape index (κ2) is 5.49. The van der Waals surface area contributed by atoms with E-state index in [-0.39, 0.29) is 0 Å². The zero-order chi connectivity index (χ0) is 11.4. The number of nitrogens with two attached hydrogens (primary N) is 1. The van der Waals surface area contributed by atoms with Crippen LogP contribution < -0.4 is 5.73 Å². The second-order valence-electron chi connectivity index (χ2n) is 4.23. The summed E-state index contributed by atoms with van der Waals surface area (Å²) in [6.45, 7) is 5.07. The lowest BCUT2D eigenvalue weighted by Crippen LogP contribution is -2.25. The third kappa shape index (κ3) is 2.85. The highest BCUT2D eigenvalue weighted by atomic mass is 32.1. The molecule has 1 atom stereocenters. The summed E-state index contributed by atoms with van der Waals surface area (Å²) in [5, 5.41) is 0. The molecule has 2 heterocycles. The molecule has 0 aliphatic carbocycles. The van der Waals surface area contributed by atoms with Gasteiger partial charge in [0.2, 0.25) is 0 Å². The molecule has 0 aromatic carbocycles. The SMILES string of the molecule is CC1CCCN1Cc1ccc(C#CCN)s1. The van der Waals surface area contributed by atoms with Crippen LogP contribution in [0.25, 0.3) is 0 Å². The third-order valence-electron chi connectivity index (χ3n) is 3.02. The van der Waals surface area contributed by atoms with Crippen LogP contribution in [0, 0.1) is 11.8 Å². The summed E-state index contributed by atoms with van der Waals surface area (Å²) in [4.78, 5) is 5.09. The van der Waals surface area contributed by atoms with Crippen molar-refractivity contribution in [3.8, 4) is 11.8 Å². The molecule has 1 saturated heterocycles. The van der Waals surface area contributed by atoms with Crippen molar-refractivity contribution in [1.82, 2.24) is 4.90 Å². The quantitative estimate of drug-likeness (QED) is 0.794. The van der Waals surface area contributed by atoms with Crippen LogP contribution in [-0.4, -0.2) is 24.0 Å². The fourth-order valence-electron chi connectivity index (χ4n) is 2.10. The number of hydrogen-bond donors (Lipinski definition) is 1. The maximum Gasteiger partial charge on any atom is 0.0772 e. The number of hydrogen-bond acceptors (Lipinski definition) is 3. The summed E-state index contributed by atoms with van der Waals surface area (Å²) in [5.74, 6) is 5.98. The molecule has 1 aliphatic rings. The first-order valence-electron chi connectivity index (χ1n) is 5.81. The topological polar surface area (TPSA) is 29.3 Å². The molecule has 86 valence electrons. The Morgan fingerprint density at radius 1 is 1.56 bits per heavy atom. The lowest BCUT2D eigenvalue weighted by atomic mass is 10.2. The Morgan fingerprint density at radius 3 is 3.12 bits per heavy atom. The molecule has 1 aromatic rings. The molecule has 16 heavy (non-hydrogen) atoms. The van der Waals surface area contributed by atoms with Gasteiger partial charge in [-0.3, -0.25) is 4.90 Å². The Labute approximate surface area is 101 Å². The van der Waals surface area contributed by atoms with E-state index in [9.17, 15) is 0 Å². The van der Waals surface area contributed by atoms with E-state index in [1.165, 1.54) is 24.3 Å². The van der Waals surface area contributed by atoms with Gasteiger partial charge in [0.05, 0.1) is 11.4 Å². The van der Waals surface area contributed by atoms with E-state index in [2.05, 4.69) is 35.8 Å². The smallest absolute Gasteiger partial charge is 0.0772 e. The van der Waals surface area contributed by atoms with E-state index in [1.807, 2.05) is 0 Å². The van der Waals surface area contributed by atoms with Gasteiger partial charge in [0.15, 0.2) is 0 Å². The van der Waals surface area contributed by atoms with Gasteiger partial charge in [-0.15, -0.1) is 11.3 Å². The van der Waals surface area contributed by atoms with E-state index >= 15 is 0 Å². The maximum absolute atomic E-state index is 5.36. The molecule has 0 bridgehead atoms. The average Bonchev–Trinajstić information content (AvgIpc) is 2.87. The molecule has 0 radical (unpaired) electrons. The zero-order valence-electron chi connectivity index (χ0n) is 9.70. The van der Waals surface area contributed by atoms with E-state index < -0.39 is 0 Å². The first-order valence-corrected chi connectivity index (χ1v) is 6.63. The monoisotopic (exact) mass is 234 g/mol. The van der Waals surface area contributed by atoms with Crippen LogP contribution in [0.15, 0.2) is 12.1 Å². The normalized spacial score (nSPS) is 20.8. The molecular weight excluding hydrogens is 216 g/mol. The fraction of sp³-hybridized carbons (Fsp3) is 0.538. The third-order valence-corrected chi connectivity index (χ3v) is 4.01. The Kier molecular flexibility index (Phi) is 4.00. The van der Waals surface area contributed by atoms with Gasteiger partial charge in [-0.25, -0.2) is 0 Å². The first kappa shape index (κ1) is 11.7. The summed E-state index contributed by atoms with van der Waals surface area (Å²) in [6.07, 6.45) is 2.68. The van der Waals surface area contributed by atoms with Gasteiger partial charge in [0.25, 0.3) is 0 Å². The minimum Gasteiger partial charge on any atom is -0.320 e. The molecule has 0 spiro atoms. The van der Waals surface area contributed by atoms with Gasteiger partial charge in [-0.05, 0) is 38.4 Å². The molecule has 1 unspecified atom stereocenters. The van der Waals surface area contributed by atoms with Gasteiger partial charge >= 0.3 is 0 Å². The van der Waals surface area contributed by atoms with Crippen molar-refractivity contribution in [3.63, 3.8) is 0 Å². The van der Waals surface area contributed by atoms with Crippen molar-refractivity contribution in [2.24, 2.45) is 5.73 Å². The Hall–Kier alpha value is -0.820. The largest absolute Gasteiger partial charge is 0.320 e. The van der Waals surface area contributed by atoms with E-state index in [1.54, 1.807) is 11.3 Å². The first-order chi connectivity index (χ1) is 7.79. The molecule has 1 aliphatic heterocycles. The number of nitrogens with zero attached hydrogens (tertiary/aromatic N) is 1. The van der Waals surface area contributed by atoms with Crippen LogP contribution in [0.2, 0.25) is 0 Å². The van der Waals surface area contributed by atoms with Crippen LogP contribution in [-0.2, 0) is 6.54 Å². The number of rotatable bonds is 2. The maximum atomic E-state index is 5.36. The van der Waals surface area contributed by atoms with Crippen molar-refractivity contribution in [3.05, 3.63) is 21.9 Å². The van der Waals surface area contributed by atoms with Crippen molar-refractivity contribution in [2.45, 2.75) is 32.4 Å². The molecule has 1 fully saturated rings. The number of likely N-dealkylation sites (tertiary alicyclic amines) is 1. The summed E-state index contributed by atoms with van der Waals surface area (Å²) in [7, 11) is 0. The minimum atomic E-state index is 0.441. The highest BCUT2D eigenvalue weighted by molar-refractivity contribution is 7.12. The van der Waals surface area contributed by atoms with Crippen LogP contribution in [0.5, 0.6) is 0 Å². The fourth-order valence-corrected chi connectivity index (χ4v) is 3.00. The van der Waals surface area contributed by atoms with Gasteiger partial charge in [0, 0.05) is 17.5 Å². The van der Waals surface area contributed by atoms with Crippen molar-refractivity contribution in [1.29, 1.82) is 0 Å². The highest BCUT2D eigenvalue weighted by Crippen LogP contribution is 2.23. The zero-order valence-corrected chi connectivity index (χ0v) is 10.5. The van der Waals surface area contributed by atoms with Gasteiger partial charge in [-0.1, -0.05) is 11.8 Å². The van der Waals surface area contributed by atoms with Crippen LogP contribution in [0.4, 0.5) is 0 Å². The van der Waals surface area contributed by atoms with Crippen molar-refractivity contribution >= 4 is 11.3 Å². The van der Waals surface area contributed by atoms with Gasteiger partial charge < -0.3 is 5.73 Å². The summed E-state index contributed by atoms with van der Waals surface area (Å²) >= 11 is 1.79. The van der Waals surface area contributed by atoms with E-state index in [0.717, 1.165) is 17.5 Å². The van der Waals surface area contributed by atoms with Crippen molar-refractivity contribution in [2.75, 3.05) is 13.1 Å². The highest BCUT2D eigenvalue weighted by Gasteiger charge is 2.20. The molecule has 0 saturated carbocycles. The molecule has 0 amide bonds. The van der Waals surface area contributed by atoms with E-state index in [0.29, 0.717) is 6.54 Å². The van der Waals surface area contributed by atoms with Gasteiger partial charge in [-0.2, -0.15) is 0 Å². The molecule has 2 rings (SSSR count). The lowest BCUT2D eigenvalue weighted by molar-refractivity contribution is 0.262. The predicted octanol–water partition coefficient (Wildman–Crippen LogP) is 2.04. The van der Waals surface area contributed by atoms with Crippen LogP contribution >= 0.6 is 11.3 Å². The Morgan fingerprint density at radius 2 is 2.44 bits per heavy atom. The average molecular weight is 234 g/mol. The van der Waals surface area contributed by atoms with E-state index in [4.69, 9.17) is 5.73 Å². The summed E-state index contributed by atoms with van der Waals surface area (Å²) < 4.78 is 0. The van der Waals surface area contributed by atoms with Crippen LogP contribution in [0.1, 0.15) is 29.5 Å². The standard InChI is InChI=1S/C13H18N2S/c1-11-4-3-9-15(11)10-13-7-6-12(16-13)5-2-8-14/h6-7,11H,3-4,8-10,14H2,1H3.